The fraction of sp³-hybridized carbons (Fsp3) is 0.375. The van der Waals surface area contributed by atoms with E-state index in [0.717, 1.165) is 0 Å². The van der Waals surface area contributed by atoms with Crippen LogP contribution in [0.5, 0.6) is 0 Å². The van der Waals surface area contributed by atoms with E-state index in [1.807, 2.05) is 0 Å². The van der Waals surface area contributed by atoms with E-state index in [1.54, 1.807) is 13.8 Å². The van der Waals surface area contributed by atoms with Crippen LogP contribution in [0.15, 0.2) is 9.26 Å². The van der Waals surface area contributed by atoms with E-state index in [-0.39, 0.29) is 59.4 Å². The van der Waals surface area contributed by atoms with Crippen molar-refractivity contribution in [3.05, 3.63) is 22.8 Å². The zero-order valence-electron chi connectivity index (χ0n) is 18.3. The molecule has 0 spiro atoms. The Kier molecular flexibility index (Phi) is 6.85. The molecular weight excluding hydrogens is 488 g/mol. The van der Waals surface area contributed by atoms with E-state index >= 15 is 0 Å². The van der Waals surface area contributed by atoms with Crippen molar-refractivity contribution in [3.8, 4) is 11.6 Å². The molecule has 0 saturated heterocycles. The van der Waals surface area contributed by atoms with Gasteiger partial charge in [0.1, 0.15) is 0 Å². The van der Waals surface area contributed by atoms with Crippen molar-refractivity contribution in [2.75, 3.05) is 24.7 Å². The van der Waals surface area contributed by atoms with Gasteiger partial charge in [-0.25, -0.2) is 18.8 Å². The summed E-state index contributed by atoms with van der Waals surface area (Å²) >= 11 is 1.25. The van der Waals surface area contributed by atoms with E-state index in [0.29, 0.717) is 11.4 Å². The summed E-state index contributed by atoms with van der Waals surface area (Å²) < 4.78 is 21.8. The Morgan fingerprint density at radius 2 is 1.23 bits per heavy atom. The predicted molar refractivity (Wildman–Crippen MR) is 114 cm³/mol. The lowest BCUT2D eigenvalue weighted by molar-refractivity contribution is 0.0509. The van der Waals surface area contributed by atoms with Crippen molar-refractivity contribution in [3.63, 3.8) is 0 Å². The van der Waals surface area contributed by atoms with Gasteiger partial charge in [0.05, 0.1) is 24.6 Å². The standard InChI is InChI=1S/C16H18N12O6S/c1-3-31-15(29)9-7(27(25-19-9)13-11(17)21-33-23-13)5-35-6-8-10(16(30)32-4-2)20-26-28(8)14-12(18)22-34-24-14/h3-6H2,1-2H3,(H2,17,21)(H2,18,22). The predicted octanol–water partition coefficient (Wildman–Crippen LogP) is -0.435. The third-order valence-electron chi connectivity index (χ3n) is 4.33. The second-order valence-electron chi connectivity index (χ2n) is 6.47. The minimum absolute atomic E-state index is 0.0454. The van der Waals surface area contributed by atoms with Gasteiger partial charge in [0.15, 0.2) is 11.4 Å². The molecule has 18 nitrogen and oxygen atoms in total. The number of nitrogens with two attached hydrogens (primary N) is 2. The number of anilines is 2. The highest BCUT2D eigenvalue weighted by Crippen LogP contribution is 2.26. The van der Waals surface area contributed by atoms with Gasteiger partial charge in [-0.2, -0.15) is 9.36 Å². The maximum atomic E-state index is 12.4. The minimum Gasteiger partial charge on any atom is -0.461 e. The molecule has 35 heavy (non-hydrogen) atoms. The molecule has 0 aliphatic carbocycles. The first kappa shape index (κ1) is 23.6. The summed E-state index contributed by atoms with van der Waals surface area (Å²) in [6.45, 7) is 3.58. The van der Waals surface area contributed by atoms with Crippen LogP contribution in [0.25, 0.3) is 11.6 Å². The Hall–Kier alpha value is -4.55. The number of aromatic nitrogens is 10. The van der Waals surface area contributed by atoms with E-state index in [9.17, 15) is 9.59 Å². The molecule has 4 N–H and O–H groups in total. The van der Waals surface area contributed by atoms with Crippen molar-refractivity contribution >= 4 is 35.3 Å². The lowest BCUT2D eigenvalue weighted by atomic mass is 10.3. The first-order chi connectivity index (χ1) is 17.0. The van der Waals surface area contributed by atoms with E-state index in [2.05, 4.69) is 50.5 Å². The van der Waals surface area contributed by atoms with Gasteiger partial charge in [-0.3, -0.25) is 0 Å². The molecule has 0 bridgehead atoms. The maximum Gasteiger partial charge on any atom is 0.360 e. The number of hydrogen-bond acceptors (Lipinski definition) is 17. The molecule has 0 amide bonds. The highest BCUT2D eigenvalue weighted by molar-refractivity contribution is 7.97. The van der Waals surface area contributed by atoms with Gasteiger partial charge in [-0.15, -0.1) is 22.0 Å². The van der Waals surface area contributed by atoms with Gasteiger partial charge in [-0.1, -0.05) is 10.4 Å². The molecular formula is C16H18N12O6S. The fourth-order valence-electron chi connectivity index (χ4n) is 2.84. The highest BCUT2D eigenvalue weighted by Gasteiger charge is 2.27. The van der Waals surface area contributed by atoms with E-state index in [4.69, 9.17) is 20.9 Å². The molecule has 184 valence electrons. The summed E-state index contributed by atoms with van der Waals surface area (Å²) in [5, 5.41) is 30.1. The monoisotopic (exact) mass is 506 g/mol. The normalized spacial score (nSPS) is 11.0. The summed E-state index contributed by atoms with van der Waals surface area (Å²) in [6.07, 6.45) is 0. The topological polar surface area (TPSA) is 244 Å². The van der Waals surface area contributed by atoms with Crippen molar-refractivity contribution in [1.29, 1.82) is 0 Å². The van der Waals surface area contributed by atoms with Gasteiger partial charge in [-0.05, 0) is 34.5 Å². The number of nitrogen functional groups attached to an aromatic ring is 2. The largest absolute Gasteiger partial charge is 0.461 e. The van der Waals surface area contributed by atoms with Crippen molar-refractivity contribution in [1.82, 2.24) is 50.6 Å². The van der Waals surface area contributed by atoms with E-state index < -0.39 is 11.9 Å². The number of esters is 2. The van der Waals surface area contributed by atoms with Crippen LogP contribution < -0.4 is 11.5 Å². The molecule has 0 aliphatic heterocycles. The molecule has 4 aromatic heterocycles. The lowest BCUT2D eigenvalue weighted by Gasteiger charge is -2.08. The summed E-state index contributed by atoms with van der Waals surface area (Å²) in [5.74, 6) is -1.14. The third kappa shape index (κ3) is 4.60. The Labute approximate surface area is 199 Å². The molecule has 0 unspecified atom stereocenters. The number of thioether (sulfide) groups is 1. The SMILES string of the molecule is CCOC(=O)c1nnn(-c2nonc2N)c1CSCc1c(C(=O)OCC)nnn1-c1nonc1N. The summed E-state index contributed by atoms with van der Waals surface area (Å²) in [7, 11) is 0. The molecule has 0 aliphatic rings. The number of carbonyl (C=O) groups is 2. The summed E-state index contributed by atoms with van der Waals surface area (Å²) in [5.41, 5.74) is 12.1. The molecule has 4 aromatic rings. The minimum atomic E-state index is -0.690. The van der Waals surface area contributed by atoms with Crippen molar-refractivity contribution in [2.24, 2.45) is 0 Å². The van der Waals surface area contributed by atoms with E-state index in [1.165, 1.54) is 21.1 Å². The maximum absolute atomic E-state index is 12.4. The van der Waals surface area contributed by atoms with Gasteiger partial charge >= 0.3 is 11.9 Å². The average Bonchev–Trinajstić information content (AvgIpc) is 3.61. The average molecular weight is 506 g/mol. The second kappa shape index (κ2) is 10.2. The lowest BCUT2D eigenvalue weighted by Crippen LogP contribution is -2.12. The van der Waals surface area contributed by atoms with Gasteiger partial charge in [0.25, 0.3) is 0 Å². The van der Waals surface area contributed by atoms with Crippen LogP contribution in [-0.4, -0.2) is 75.8 Å². The quantitative estimate of drug-likeness (QED) is 0.259. The summed E-state index contributed by atoms with van der Waals surface area (Å²) in [4.78, 5) is 24.8. The third-order valence-corrected chi connectivity index (χ3v) is 5.29. The van der Waals surface area contributed by atoms with Crippen LogP contribution in [-0.2, 0) is 21.0 Å². The molecule has 0 fully saturated rings. The molecule has 4 rings (SSSR count). The van der Waals surface area contributed by atoms with Crippen LogP contribution in [0.3, 0.4) is 0 Å². The van der Waals surface area contributed by atoms with Crippen LogP contribution in [0.2, 0.25) is 0 Å². The highest BCUT2D eigenvalue weighted by atomic mass is 32.2. The number of hydrogen-bond donors (Lipinski definition) is 2. The smallest absolute Gasteiger partial charge is 0.360 e. The first-order valence-electron chi connectivity index (χ1n) is 9.94. The van der Waals surface area contributed by atoms with Crippen molar-refractivity contribution in [2.45, 2.75) is 25.4 Å². The second-order valence-corrected chi connectivity index (χ2v) is 7.46. The number of rotatable bonds is 10. The fourth-order valence-corrected chi connectivity index (χ4v) is 3.85. The number of nitrogens with zero attached hydrogens (tertiary/aromatic N) is 10. The molecule has 4 heterocycles. The van der Waals surface area contributed by atoms with Crippen LogP contribution in [0.1, 0.15) is 46.2 Å². The Morgan fingerprint density at radius 3 is 1.57 bits per heavy atom. The molecule has 19 heteroatoms. The van der Waals surface area contributed by atoms with Crippen LogP contribution in [0.4, 0.5) is 11.6 Å². The Morgan fingerprint density at radius 1 is 0.800 bits per heavy atom. The van der Waals surface area contributed by atoms with Crippen LogP contribution >= 0.6 is 11.8 Å². The first-order valence-corrected chi connectivity index (χ1v) is 11.1. The van der Waals surface area contributed by atoms with Crippen LogP contribution in [0, 0.1) is 0 Å². The van der Waals surface area contributed by atoms with Crippen molar-refractivity contribution < 1.29 is 28.3 Å². The van der Waals surface area contributed by atoms with Gasteiger partial charge in [0, 0.05) is 11.5 Å². The van der Waals surface area contributed by atoms with Gasteiger partial charge < -0.3 is 20.9 Å². The molecule has 0 radical (unpaired) electrons. The molecule has 0 atom stereocenters. The Balaban J connectivity index is 1.65. The van der Waals surface area contributed by atoms with Gasteiger partial charge in [0.2, 0.25) is 23.3 Å². The molecule has 0 saturated carbocycles. The number of ether oxygens (including phenoxy) is 2. The summed E-state index contributed by atoms with van der Waals surface area (Å²) in [6, 6.07) is 0. The zero-order valence-corrected chi connectivity index (χ0v) is 19.1. The molecule has 0 aromatic carbocycles. The Bertz CT molecular complexity index is 1240. The number of carbonyl (C=O) groups excluding carboxylic acids is 2. The zero-order chi connectivity index (χ0) is 24.9.